The Hall–Kier alpha value is -5.30. The molecule has 1 saturated heterocycles. The summed E-state index contributed by atoms with van der Waals surface area (Å²) in [6, 6.07) is -0.393. The Morgan fingerprint density at radius 3 is 2.57 bits per heavy atom. The van der Waals surface area contributed by atoms with Gasteiger partial charge in [0.2, 0.25) is 5.95 Å². The molecule has 4 aliphatic heterocycles. The second-order valence-corrected chi connectivity index (χ2v) is 17.3. The van der Waals surface area contributed by atoms with Crippen molar-refractivity contribution >= 4 is 29.5 Å². The second-order valence-electron chi connectivity index (χ2n) is 17.3. The van der Waals surface area contributed by atoms with E-state index in [4.69, 9.17) is 23.9 Å². The average molecular weight is 760 g/mol. The van der Waals surface area contributed by atoms with Crippen LogP contribution < -0.4 is 14.8 Å². The summed E-state index contributed by atoms with van der Waals surface area (Å²) >= 11 is 0. The molecule has 6 unspecified atom stereocenters. The molecule has 3 saturated carbocycles. The standard InChI is InChI=1S/C43H49N7O6/c1-23(2)11-10-16-41(8)17-15-26-33(50-46-22-45-48-50)30-32-31-34(49-20-19-44-39(49)47-32)28-21-29-40(6,7)56-42(37(28)51,18-14-25(5)38(52)53-9)43(29,31)55-36(30)27(35(26)54-41)13-12-24(3)4/h11-12,14-15,17,19-20,22,28-29,34H,10,13,16,18,21H2,1-9H3,(H,44,47)/b25-14-. The highest BCUT2D eigenvalue weighted by molar-refractivity contribution is 6.03. The van der Waals surface area contributed by atoms with Crippen molar-refractivity contribution < 1.29 is 28.5 Å². The summed E-state index contributed by atoms with van der Waals surface area (Å²) in [5.41, 5.74) is 3.38. The molecular formula is C43H49N7O6. The number of hydrogen-bond acceptors (Lipinski definition) is 11. The van der Waals surface area contributed by atoms with E-state index < -0.39 is 40.3 Å². The summed E-state index contributed by atoms with van der Waals surface area (Å²) in [6.45, 7) is 16.3. The van der Waals surface area contributed by atoms with Crippen LogP contribution in [0.2, 0.25) is 0 Å². The zero-order valence-electron chi connectivity index (χ0n) is 33.5. The van der Waals surface area contributed by atoms with Crippen molar-refractivity contribution in [2.24, 2.45) is 11.8 Å². The van der Waals surface area contributed by atoms with Crippen molar-refractivity contribution in [2.75, 3.05) is 12.4 Å². The lowest BCUT2D eigenvalue weighted by Gasteiger charge is -2.62. The first-order chi connectivity index (χ1) is 26.7. The van der Waals surface area contributed by atoms with E-state index >= 15 is 4.79 Å². The third-order valence-electron chi connectivity index (χ3n) is 12.8. The van der Waals surface area contributed by atoms with Crippen molar-refractivity contribution in [3.05, 3.63) is 82.0 Å². The fourth-order valence-electron chi connectivity index (χ4n) is 10.4. The third kappa shape index (κ3) is 4.88. The van der Waals surface area contributed by atoms with Gasteiger partial charge in [0.25, 0.3) is 0 Å². The summed E-state index contributed by atoms with van der Waals surface area (Å²) in [5, 5.41) is 16.9. The summed E-state index contributed by atoms with van der Waals surface area (Å²) in [5.74, 6) is 0.679. The van der Waals surface area contributed by atoms with Crippen molar-refractivity contribution in [2.45, 2.75) is 116 Å². The summed E-state index contributed by atoms with van der Waals surface area (Å²) in [6.07, 6.45) is 18.3. The molecule has 1 aromatic carbocycles. The highest BCUT2D eigenvalue weighted by Crippen LogP contribution is 2.73. The van der Waals surface area contributed by atoms with Crippen LogP contribution in [0, 0.1) is 11.8 Å². The van der Waals surface area contributed by atoms with Crippen LogP contribution >= 0.6 is 0 Å². The molecule has 4 fully saturated rings. The number of imidazole rings is 1. The van der Waals surface area contributed by atoms with E-state index in [1.165, 1.54) is 23.8 Å². The predicted octanol–water partition coefficient (Wildman–Crippen LogP) is 7.06. The third-order valence-corrected chi connectivity index (χ3v) is 12.8. The minimum absolute atomic E-state index is 0.0423. The number of anilines is 1. The minimum atomic E-state index is -1.47. The SMILES string of the molecule is COC(=O)/C(C)=C\CC12OC(C)(C)C3CC(C1=O)C1C4=C(Nc5nccn51)c1c(c(CC=C(C)C)c5c(c1-n1ncnn1)C=CC(C)(CCC=C(C)C)O5)OC432. The zero-order chi connectivity index (χ0) is 39.5. The summed E-state index contributed by atoms with van der Waals surface area (Å²) < 4.78 is 29.3. The lowest BCUT2D eigenvalue weighted by Crippen LogP contribution is -2.75. The molecule has 3 aromatic rings. The van der Waals surface area contributed by atoms with Gasteiger partial charge in [-0.1, -0.05) is 29.4 Å². The lowest BCUT2D eigenvalue weighted by molar-refractivity contribution is -0.181. The van der Waals surface area contributed by atoms with Gasteiger partial charge in [-0.05, 0) is 98.4 Å². The Bertz CT molecular complexity index is 2360. The number of fused-ring (bicyclic) bond motifs is 4. The van der Waals surface area contributed by atoms with Crippen LogP contribution in [0.3, 0.4) is 0 Å². The number of carbonyl (C=O) groups excluding carboxylic acids is 2. The van der Waals surface area contributed by atoms with E-state index in [2.05, 4.69) is 98.1 Å². The second kappa shape index (κ2) is 12.3. The Kier molecular flexibility index (Phi) is 8.01. The summed E-state index contributed by atoms with van der Waals surface area (Å²) in [7, 11) is 1.36. The van der Waals surface area contributed by atoms with Gasteiger partial charge in [-0.25, -0.2) is 9.78 Å². The minimum Gasteiger partial charge on any atom is -0.482 e. The van der Waals surface area contributed by atoms with Crippen LogP contribution in [-0.2, 0) is 25.5 Å². The van der Waals surface area contributed by atoms with Gasteiger partial charge >= 0.3 is 5.97 Å². The van der Waals surface area contributed by atoms with Gasteiger partial charge in [-0.15, -0.1) is 15.0 Å². The van der Waals surface area contributed by atoms with Crippen LogP contribution in [0.4, 0.5) is 5.95 Å². The topological polar surface area (TPSA) is 145 Å². The molecule has 6 heterocycles. The first-order valence-electron chi connectivity index (χ1n) is 19.5. The number of carbonyl (C=O) groups is 2. The number of aromatic nitrogens is 6. The number of ketones is 1. The fourth-order valence-corrected chi connectivity index (χ4v) is 10.4. The van der Waals surface area contributed by atoms with Crippen molar-refractivity contribution in [1.29, 1.82) is 0 Å². The number of rotatable bonds is 9. The molecule has 7 aliphatic rings. The monoisotopic (exact) mass is 759 g/mol. The van der Waals surface area contributed by atoms with Gasteiger partial charge in [0.15, 0.2) is 23.3 Å². The number of Topliss-reactive ketones (excluding diaryl/α,β-unsaturated/α-hetero) is 1. The average Bonchev–Trinajstić information content (AvgIpc) is 3.89. The van der Waals surface area contributed by atoms with Crippen LogP contribution in [-0.4, -0.2) is 71.0 Å². The molecule has 0 radical (unpaired) electrons. The number of methoxy groups -OCH3 is 1. The van der Waals surface area contributed by atoms with E-state index in [1.807, 2.05) is 6.20 Å². The molecule has 56 heavy (non-hydrogen) atoms. The number of nitrogens with zero attached hydrogens (tertiary/aromatic N) is 6. The van der Waals surface area contributed by atoms with E-state index in [-0.39, 0.29) is 18.1 Å². The normalized spacial score (nSPS) is 29.6. The Morgan fingerprint density at radius 1 is 1.07 bits per heavy atom. The highest BCUT2D eigenvalue weighted by atomic mass is 16.6. The lowest BCUT2D eigenvalue weighted by atomic mass is 9.47. The van der Waals surface area contributed by atoms with E-state index in [1.54, 1.807) is 19.2 Å². The number of benzene rings is 1. The molecule has 1 spiro atoms. The number of tetrazole rings is 1. The van der Waals surface area contributed by atoms with Gasteiger partial charge in [0.1, 0.15) is 22.8 Å². The molecule has 4 bridgehead atoms. The van der Waals surface area contributed by atoms with Gasteiger partial charge in [-0.3, -0.25) is 4.79 Å². The summed E-state index contributed by atoms with van der Waals surface area (Å²) in [4.78, 5) is 34.5. The number of nitrogens with one attached hydrogen (secondary N) is 1. The van der Waals surface area contributed by atoms with Gasteiger partial charge in [0, 0.05) is 52.9 Å². The van der Waals surface area contributed by atoms with Crippen LogP contribution in [0.5, 0.6) is 11.5 Å². The van der Waals surface area contributed by atoms with E-state index in [0.29, 0.717) is 41.5 Å². The van der Waals surface area contributed by atoms with E-state index in [9.17, 15) is 4.79 Å². The molecule has 13 heteroatoms. The Labute approximate surface area is 326 Å². The maximum atomic E-state index is 15.4. The smallest absolute Gasteiger partial charge is 0.333 e. The molecule has 2 aromatic heterocycles. The number of ether oxygens (including phenoxy) is 4. The molecule has 10 rings (SSSR count). The molecule has 6 atom stereocenters. The molecule has 0 amide bonds. The molecule has 13 nitrogen and oxygen atoms in total. The van der Waals surface area contributed by atoms with E-state index in [0.717, 1.165) is 46.4 Å². The Balaban J connectivity index is 1.38. The maximum absolute atomic E-state index is 15.4. The van der Waals surface area contributed by atoms with Crippen LogP contribution in [0.15, 0.2) is 65.3 Å². The molecular weight excluding hydrogens is 711 g/mol. The first-order valence-corrected chi connectivity index (χ1v) is 19.5. The van der Waals surface area contributed by atoms with Crippen molar-refractivity contribution in [3.8, 4) is 17.2 Å². The maximum Gasteiger partial charge on any atom is 0.333 e. The van der Waals surface area contributed by atoms with Gasteiger partial charge < -0.3 is 28.8 Å². The molecule has 292 valence electrons. The van der Waals surface area contributed by atoms with Gasteiger partial charge in [0.05, 0.1) is 30.0 Å². The predicted molar refractivity (Wildman–Crippen MR) is 209 cm³/mol. The number of allylic oxidation sites excluding steroid dienone is 4. The number of hydrogen-bond donors (Lipinski definition) is 1. The zero-order valence-corrected chi connectivity index (χ0v) is 33.5. The van der Waals surface area contributed by atoms with Crippen LogP contribution in [0.1, 0.15) is 104 Å². The molecule has 1 N–H and O–H groups in total. The quantitative estimate of drug-likeness (QED) is 0.136. The van der Waals surface area contributed by atoms with Crippen molar-refractivity contribution in [1.82, 2.24) is 29.8 Å². The van der Waals surface area contributed by atoms with Gasteiger partial charge in [-0.2, -0.15) is 0 Å². The highest BCUT2D eigenvalue weighted by Gasteiger charge is 2.84. The number of esters is 1. The Morgan fingerprint density at radius 2 is 1.86 bits per heavy atom. The van der Waals surface area contributed by atoms with Crippen LogP contribution in [0.25, 0.3) is 17.5 Å². The largest absolute Gasteiger partial charge is 0.482 e. The van der Waals surface area contributed by atoms with Crippen molar-refractivity contribution in [3.63, 3.8) is 0 Å². The fraction of sp³-hybridized carbons (Fsp3) is 0.488. The molecule has 3 aliphatic carbocycles. The first kappa shape index (κ1) is 36.3.